The zero-order valence-corrected chi connectivity index (χ0v) is 12.6. The van der Waals surface area contributed by atoms with Crippen LogP contribution in [0, 0.1) is 5.92 Å². The van der Waals surface area contributed by atoms with Crippen LogP contribution in [-0.2, 0) is 14.6 Å². The number of piperidine rings is 1. The van der Waals surface area contributed by atoms with E-state index in [0.29, 0.717) is 28.6 Å². The number of sulfone groups is 1. The van der Waals surface area contributed by atoms with Crippen molar-refractivity contribution in [2.24, 2.45) is 5.92 Å². The van der Waals surface area contributed by atoms with E-state index >= 15 is 0 Å². The molecule has 0 aliphatic carbocycles. The van der Waals surface area contributed by atoms with E-state index in [4.69, 9.17) is 0 Å². The van der Waals surface area contributed by atoms with Gasteiger partial charge in [0.05, 0.1) is 10.6 Å². The molecule has 0 aromatic heterocycles. The largest absolute Gasteiger partial charge is 0.370 e. The van der Waals surface area contributed by atoms with Crippen molar-refractivity contribution in [3.8, 4) is 0 Å². The summed E-state index contributed by atoms with van der Waals surface area (Å²) in [5.74, 6) is 0.541. The molecule has 1 fully saturated rings. The van der Waals surface area contributed by atoms with Crippen molar-refractivity contribution >= 4 is 27.6 Å². The monoisotopic (exact) mass is 296 g/mol. The Labute approximate surface area is 119 Å². The summed E-state index contributed by atoms with van der Waals surface area (Å²) in [5.41, 5.74) is 1.30. The van der Waals surface area contributed by atoms with E-state index in [-0.39, 0.29) is 0 Å². The minimum atomic E-state index is -3.29. The maximum atomic E-state index is 11.9. The average molecular weight is 296 g/mol. The summed E-state index contributed by atoms with van der Waals surface area (Å²) >= 11 is 0. The van der Waals surface area contributed by atoms with Crippen LogP contribution in [0.25, 0.3) is 0 Å². The molecule has 0 spiro atoms. The Kier molecular flexibility index (Phi) is 4.32. The van der Waals surface area contributed by atoms with Crippen LogP contribution in [0.15, 0.2) is 23.1 Å². The molecule has 6 heteroatoms. The van der Waals surface area contributed by atoms with Crippen molar-refractivity contribution in [1.29, 1.82) is 0 Å². The summed E-state index contributed by atoms with van der Waals surface area (Å²) < 4.78 is 23.9. The maximum Gasteiger partial charge on any atom is 0.211 e. The zero-order valence-electron chi connectivity index (χ0n) is 11.8. The lowest BCUT2D eigenvalue weighted by Gasteiger charge is -2.34. The van der Waals surface area contributed by atoms with Gasteiger partial charge >= 0.3 is 0 Å². The van der Waals surface area contributed by atoms with Gasteiger partial charge in [0.1, 0.15) is 0 Å². The van der Waals surface area contributed by atoms with Crippen LogP contribution < -0.4 is 10.2 Å². The van der Waals surface area contributed by atoms with Gasteiger partial charge in [-0.15, -0.1) is 0 Å². The van der Waals surface area contributed by atoms with Crippen LogP contribution in [-0.4, -0.2) is 34.2 Å². The van der Waals surface area contributed by atoms with E-state index in [0.717, 1.165) is 25.9 Å². The van der Waals surface area contributed by atoms with Gasteiger partial charge in [-0.2, -0.15) is 0 Å². The van der Waals surface area contributed by atoms with Gasteiger partial charge in [0.25, 0.3) is 0 Å². The molecule has 1 unspecified atom stereocenters. The SMILES string of the molecule is CC1CCCN(c2cc(NC=O)ccc2S(C)(=O)=O)C1. The zero-order chi connectivity index (χ0) is 14.8. The smallest absolute Gasteiger partial charge is 0.211 e. The van der Waals surface area contributed by atoms with Gasteiger partial charge in [-0.25, -0.2) is 8.42 Å². The summed E-state index contributed by atoms with van der Waals surface area (Å²) in [7, 11) is -3.29. The van der Waals surface area contributed by atoms with Crippen LogP contribution in [0.4, 0.5) is 11.4 Å². The number of rotatable bonds is 4. The third-order valence-corrected chi connectivity index (χ3v) is 4.73. The molecule has 1 aromatic carbocycles. The first-order valence-corrected chi connectivity index (χ1v) is 8.60. The lowest BCUT2D eigenvalue weighted by molar-refractivity contribution is -0.105. The highest BCUT2D eigenvalue weighted by atomic mass is 32.2. The highest BCUT2D eigenvalue weighted by Crippen LogP contribution is 2.31. The first kappa shape index (κ1) is 14.8. The Hall–Kier alpha value is -1.56. The molecule has 0 saturated carbocycles. The third-order valence-electron chi connectivity index (χ3n) is 3.58. The van der Waals surface area contributed by atoms with E-state index in [1.807, 2.05) is 0 Å². The molecular formula is C14H20N2O3S. The Balaban J connectivity index is 2.45. The minimum absolute atomic E-state index is 0.322. The fraction of sp³-hybridized carbons (Fsp3) is 0.500. The number of hydrogen-bond donors (Lipinski definition) is 1. The number of amides is 1. The van der Waals surface area contributed by atoms with Crippen LogP contribution in [0.3, 0.4) is 0 Å². The summed E-state index contributed by atoms with van der Waals surface area (Å²) in [5, 5.41) is 2.57. The molecule has 1 aromatic rings. The number of benzene rings is 1. The summed E-state index contributed by atoms with van der Waals surface area (Å²) in [6, 6.07) is 4.92. The van der Waals surface area contributed by atoms with Gasteiger partial charge in [-0.1, -0.05) is 6.92 Å². The second-order valence-electron chi connectivity index (χ2n) is 5.41. The number of carbonyl (C=O) groups is 1. The van der Waals surface area contributed by atoms with Gasteiger partial charge in [0, 0.05) is 25.0 Å². The van der Waals surface area contributed by atoms with Crippen LogP contribution in [0.2, 0.25) is 0 Å². The first-order chi connectivity index (χ1) is 9.41. The molecule has 20 heavy (non-hydrogen) atoms. The van der Waals surface area contributed by atoms with Crippen molar-refractivity contribution in [3.63, 3.8) is 0 Å². The number of anilines is 2. The predicted molar refractivity (Wildman–Crippen MR) is 79.8 cm³/mol. The molecule has 110 valence electrons. The van der Waals surface area contributed by atoms with Crippen LogP contribution >= 0.6 is 0 Å². The molecule has 0 radical (unpaired) electrons. The molecular weight excluding hydrogens is 276 g/mol. The Bertz CT molecular complexity index is 598. The topological polar surface area (TPSA) is 66.5 Å². The number of nitrogens with zero attached hydrogens (tertiary/aromatic N) is 1. The summed E-state index contributed by atoms with van der Waals surface area (Å²) in [6.45, 7) is 3.85. The van der Waals surface area contributed by atoms with Gasteiger partial charge in [-0.3, -0.25) is 4.79 Å². The third kappa shape index (κ3) is 3.30. The van der Waals surface area contributed by atoms with Gasteiger partial charge < -0.3 is 10.2 Å². The van der Waals surface area contributed by atoms with Crippen LogP contribution in [0.1, 0.15) is 19.8 Å². The van der Waals surface area contributed by atoms with E-state index in [2.05, 4.69) is 17.1 Å². The number of nitrogens with one attached hydrogen (secondary N) is 1. The second kappa shape index (κ2) is 5.83. The number of carbonyl (C=O) groups excluding carboxylic acids is 1. The van der Waals surface area contributed by atoms with E-state index in [1.54, 1.807) is 18.2 Å². The Morgan fingerprint density at radius 1 is 1.40 bits per heavy atom. The highest BCUT2D eigenvalue weighted by molar-refractivity contribution is 7.90. The van der Waals surface area contributed by atoms with E-state index in [1.165, 1.54) is 6.26 Å². The van der Waals surface area contributed by atoms with E-state index in [9.17, 15) is 13.2 Å². The van der Waals surface area contributed by atoms with Gasteiger partial charge in [0.2, 0.25) is 6.41 Å². The predicted octanol–water partition coefficient (Wildman–Crippen LogP) is 1.89. The Morgan fingerprint density at radius 3 is 2.75 bits per heavy atom. The molecule has 1 N–H and O–H groups in total. The standard InChI is InChI=1S/C14H20N2O3S/c1-11-4-3-7-16(9-11)13-8-12(15-10-17)5-6-14(13)20(2,18)19/h5-6,8,10-11H,3-4,7,9H2,1-2H3,(H,15,17). The molecule has 1 heterocycles. The molecule has 1 aliphatic rings. The molecule has 1 aliphatic heterocycles. The molecule has 5 nitrogen and oxygen atoms in total. The van der Waals surface area contributed by atoms with Gasteiger partial charge in [0.15, 0.2) is 9.84 Å². The maximum absolute atomic E-state index is 11.9. The van der Waals surface area contributed by atoms with Crippen molar-refractivity contribution in [1.82, 2.24) is 0 Å². The van der Waals surface area contributed by atoms with Crippen molar-refractivity contribution < 1.29 is 13.2 Å². The first-order valence-electron chi connectivity index (χ1n) is 6.71. The quantitative estimate of drug-likeness (QED) is 0.862. The molecule has 1 amide bonds. The lowest BCUT2D eigenvalue weighted by atomic mass is 10.00. The molecule has 2 rings (SSSR count). The lowest BCUT2D eigenvalue weighted by Crippen LogP contribution is -2.35. The van der Waals surface area contributed by atoms with Crippen LogP contribution in [0.5, 0.6) is 0 Å². The molecule has 0 bridgehead atoms. The average Bonchev–Trinajstić information content (AvgIpc) is 2.38. The fourth-order valence-corrected chi connectivity index (χ4v) is 3.53. The highest BCUT2D eigenvalue weighted by Gasteiger charge is 2.22. The minimum Gasteiger partial charge on any atom is -0.370 e. The van der Waals surface area contributed by atoms with E-state index < -0.39 is 9.84 Å². The van der Waals surface area contributed by atoms with Crippen molar-refractivity contribution in [2.75, 3.05) is 29.6 Å². The molecule has 1 saturated heterocycles. The Morgan fingerprint density at radius 2 is 2.15 bits per heavy atom. The summed E-state index contributed by atoms with van der Waals surface area (Å²) in [4.78, 5) is 13.0. The van der Waals surface area contributed by atoms with Crippen molar-refractivity contribution in [2.45, 2.75) is 24.7 Å². The summed E-state index contributed by atoms with van der Waals surface area (Å²) in [6.07, 6.45) is 4.02. The van der Waals surface area contributed by atoms with Gasteiger partial charge in [-0.05, 0) is 37.0 Å². The van der Waals surface area contributed by atoms with Crippen molar-refractivity contribution in [3.05, 3.63) is 18.2 Å². The normalized spacial score (nSPS) is 19.7. The number of hydrogen-bond acceptors (Lipinski definition) is 4. The second-order valence-corrected chi connectivity index (χ2v) is 7.39. The molecule has 1 atom stereocenters. The fourth-order valence-electron chi connectivity index (χ4n) is 2.64.